The molecular weight excluding hydrogens is 670 g/mol. The Morgan fingerprint density at radius 2 is 1.72 bits per heavy atom. The van der Waals surface area contributed by atoms with Gasteiger partial charge in [-0.2, -0.15) is 0 Å². The predicted molar refractivity (Wildman–Crippen MR) is 202 cm³/mol. The molecule has 1 saturated carbocycles. The van der Waals surface area contributed by atoms with Gasteiger partial charge < -0.3 is 34.1 Å². The van der Waals surface area contributed by atoms with Crippen molar-refractivity contribution in [1.29, 1.82) is 0 Å². The van der Waals surface area contributed by atoms with Crippen molar-refractivity contribution in [1.82, 2.24) is 5.32 Å². The number of rotatable bonds is 12. The van der Waals surface area contributed by atoms with Crippen LogP contribution in [0.5, 0.6) is 0 Å². The molecule has 5 aliphatic rings. The van der Waals surface area contributed by atoms with Crippen LogP contribution in [0.2, 0.25) is 0 Å². The predicted octanol–water partition coefficient (Wildman–Crippen LogP) is 7.28. The summed E-state index contributed by atoms with van der Waals surface area (Å²) >= 11 is 0. The molecule has 0 bridgehead atoms. The smallest absolute Gasteiger partial charge is 0.407 e. The Balaban J connectivity index is 0.949. The summed E-state index contributed by atoms with van der Waals surface area (Å²) in [5, 5.41) is 14.3. The summed E-state index contributed by atoms with van der Waals surface area (Å²) in [6.07, 6.45) is 10.5. The highest BCUT2D eigenvalue weighted by molar-refractivity contribution is 5.79. The first-order valence-corrected chi connectivity index (χ1v) is 19.4. The van der Waals surface area contributed by atoms with Crippen molar-refractivity contribution < 1.29 is 38.4 Å². The average molecular weight is 726 g/mol. The largest absolute Gasteiger partial charge is 0.469 e. The molecule has 1 amide bonds. The number of alkyl carbamates (subject to hydrolysis) is 1. The van der Waals surface area contributed by atoms with Gasteiger partial charge in [0, 0.05) is 11.8 Å². The molecule has 53 heavy (non-hydrogen) atoms. The lowest BCUT2D eigenvalue weighted by molar-refractivity contribution is -0.151. The lowest BCUT2D eigenvalue weighted by atomic mass is 9.88. The minimum Gasteiger partial charge on any atom is -0.469 e. The number of nitrogens with one attached hydrogen (secondary N) is 1. The summed E-state index contributed by atoms with van der Waals surface area (Å²) in [5.41, 5.74) is 5.59. The number of epoxide rings is 1. The number of benzene rings is 2. The number of carbonyl (C=O) groups is 2. The molecule has 0 aromatic heterocycles. The van der Waals surface area contributed by atoms with E-state index in [1.807, 2.05) is 30.3 Å². The van der Waals surface area contributed by atoms with E-state index in [-0.39, 0.29) is 61.1 Å². The number of esters is 1. The summed E-state index contributed by atoms with van der Waals surface area (Å²) in [6, 6.07) is 15.7. The Labute approximate surface area is 313 Å². The van der Waals surface area contributed by atoms with E-state index < -0.39 is 36.4 Å². The van der Waals surface area contributed by atoms with E-state index in [0.717, 1.165) is 35.1 Å². The molecule has 2 N–H and O–H groups in total. The normalized spacial score (nSPS) is 35.3. The van der Waals surface area contributed by atoms with Gasteiger partial charge in [-0.05, 0) is 78.7 Å². The van der Waals surface area contributed by atoms with Crippen LogP contribution in [-0.2, 0) is 28.5 Å². The van der Waals surface area contributed by atoms with E-state index >= 15 is 0 Å². The molecule has 0 radical (unpaired) electrons. The van der Waals surface area contributed by atoms with E-state index in [0.29, 0.717) is 11.8 Å². The van der Waals surface area contributed by atoms with Crippen molar-refractivity contribution in [2.24, 2.45) is 23.7 Å². The summed E-state index contributed by atoms with van der Waals surface area (Å²) in [6.45, 7) is 11.1. The van der Waals surface area contributed by atoms with E-state index in [4.69, 9.17) is 23.7 Å². The van der Waals surface area contributed by atoms with Crippen molar-refractivity contribution in [3.8, 4) is 11.1 Å². The number of aliphatic hydroxyl groups excluding tert-OH is 1. The van der Waals surface area contributed by atoms with Crippen molar-refractivity contribution in [3.63, 3.8) is 0 Å². The van der Waals surface area contributed by atoms with Gasteiger partial charge in [0.15, 0.2) is 0 Å². The molecule has 12 atom stereocenters. The van der Waals surface area contributed by atoms with Gasteiger partial charge in [-0.25, -0.2) is 4.79 Å². The zero-order valence-electron chi connectivity index (χ0n) is 31.8. The third-order valence-electron chi connectivity index (χ3n) is 12.4. The second kappa shape index (κ2) is 15.5. The van der Waals surface area contributed by atoms with E-state index in [1.165, 1.54) is 12.7 Å². The van der Waals surface area contributed by atoms with Gasteiger partial charge in [-0.15, -0.1) is 0 Å². The van der Waals surface area contributed by atoms with Gasteiger partial charge in [0.2, 0.25) is 0 Å². The Kier molecular flexibility index (Phi) is 11.0. The summed E-state index contributed by atoms with van der Waals surface area (Å²) in [4.78, 5) is 25.5. The van der Waals surface area contributed by atoms with E-state index in [2.05, 4.69) is 88.5 Å². The number of carbonyl (C=O) groups excluding carboxylic acids is 2. The Hall–Kier alpha value is -3.76. The first-order valence-electron chi connectivity index (χ1n) is 19.4. The number of fused-ring (bicyclic) bond motifs is 3. The highest BCUT2D eigenvalue weighted by Crippen LogP contribution is 2.51. The third kappa shape index (κ3) is 7.77. The molecule has 3 heterocycles. The van der Waals surface area contributed by atoms with Crippen molar-refractivity contribution >= 4 is 12.1 Å². The third-order valence-corrected chi connectivity index (χ3v) is 12.4. The van der Waals surface area contributed by atoms with Crippen LogP contribution in [-0.4, -0.2) is 79.2 Å². The number of methoxy groups -OCH3 is 1. The highest BCUT2D eigenvalue weighted by atomic mass is 16.6. The molecular formula is C44H55NO8. The van der Waals surface area contributed by atoms with Crippen LogP contribution in [0.3, 0.4) is 0 Å². The standard InChI is InChI=1S/C44H55NO8/c1-7-37-25(2)17-21-39(52-37)44(5)42(53-44)26(3)16-18-29-27(4)30(29)19-20-38-41(47)36(22-28(51-38)23-40(46)49-6)45-43(48)50-24-35-33-14-10-8-12-31(33)32-13-9-11-15-34(32)35/h8-20,26-30,35-39,41-42,47H,7,21-24H2,1-6H3,(H,45,48)/b18-16+,20-19+/t26-,27-,28+,29+,30+,36+,37-,38+,39-,41-,42?,44?/m1/s1. The maximum atomic E-state index is 13.2. The summed E-state index contributed by atoms with van der Waals surface area (Å²) in [7, 11) is 1.34. The molecule has 9 heteroatoms. The minimum atomic E-state index is -1.03. The molecule has 3 fully saturated rings. The topological polar surface area (TPSA) is 116 Å². The average Bonchev–Trinajstić information content (AvgIpc) is 4.00. The monoisotopic (exact) mass is 725 g/mol. The van der Waals surface area contributed by atoms with Crippen LogP contribution in [0, 0.1) is 23.7 Å². The molecule has 284 valence electrons. The van der Waals surface area contributed by atoms with E-state index in [1.54, 1.807) is 0 Å². The fraction of sp³-hybridized carbons (Fsp3) is 0.545. The summed E-state index contributed by atoms with van der Waals surface area (Å²) in [5.74, 6) is 0.842. The number of amides is 1. The SMILES string of the molecule is CC[C@H]1O[C@@H](C2(C)OC2[C@H](C)/C=C/[C@H]2[C@@H](C)[C@@H]2/C=C/[C@@H]2O[C@H](CC(=O)OC)C[C@H](NC(=O)OCC3c4ccccc4-c4ccccc43)[C@H]2O)CC=C1C. The van der Waals surface area contributed by atoms with Crippen LogP contribution in [0.4, 0.5) is 4.79 Å². The molecule has 2 aromatic rings. The van der Waals surface area contributed by atoms with Crippen molar-refractivity contribution in [2.45, 2.75) is 114 Å². The fourth-order valence-electron chi connectivity index (χ4n) is 8.98. The van der Waals surface area contributed by atoms with Gasteiger partial charge in [0.25, 0.3) is 0 Å². The number of hydrogen-bond acceptors (Lipinski definition) is 8. The molecule has 2 saturated heterocycles. The maximum absolute atomic E-state index is 13.2. The van der Waals surface area contributed by atoms with Gasteiger partial charge in [0.1, 0.15) is 24.4 Å². The van der Waals surface area contributed by atoms with Crippen LogP contribution < -0.4 is 5.32 Å². The van der Waals surface area contributed by atoms with Gasteiger partial charge in [-0.3, -0.25) is 4.79 Å². The van der Waals surface area contributed by atoms with Crippen LogP contribution in [0.1, 0.15) is 77.3 Å². The van der Waals surface area contributed by atoms with Crippen LogP contribution in [0.25, 0.3) is 11.1 Å². The van der Waals surface area contributed by atoms with Crippen LogP contribution >= 0.6 is 0 Å². The first kappa shape index (κ1) is 37.6. The second-order valence-corrected chi connectivity index (χ2v) is 15.9. The lowest BCUT2D eigenvalue weighted by Crippen LogP contribution is -2.55. The van der Waals surface area contributed by atoms with Gasteiger partial charge >= 0.3 is 12.1 Å². The zero-order valence-corrected chi connectivity index (χ0v) is 31.8. The molecule has 2 aromatic carbocycles. The summed E-state index contributed by atoms with van der Waals surface area (Å²) < 4.78 is 29.6. The van der Waals surface area contributed by atoms with Crippen LogP contribution in [0.15, 0.2) is 84.5 Å². The molecule has 2 aliphatic carbocycles. The second-order valence-electron chi connectivity index (χ2n) is 15.9. The van der Waals surface area contributed by atoms with Gasteiger partial charge in [0.05, 0.1) is 44.0 Å². The quantitative estimate of drug-likeness (QED) is 0.133. The fourth-order valence-corrected chi connectivity index (χ4v) is 8.98. The molecule has 7 rings (SSSR count). The van der Waals surface area contributed by atoms with E-state index in [9.17, 15) is 14.7 Å². The van der Waals surface area contributed by atoms with Crippen molar-refractivity contribution in [2.75, 3.05) is 13.7 Å². The Morgan fingerprint density at radius 3 is 2.40 bits per heavy atom. The first-order chi connectivity index (χ1) is 25.5. The lowest BCUT2D eigenvalue weighted by Gasteiger charge is -2.38. The molecule has 9 nitrogen and oxygen atoms in total. The van der Waals surface area contributed by atoms with Crippen molar-refractivity contribution in [3.05, 3.63) is 95.6 Å². The molecule has 2 unspecified atom stereocenters. The number of allylic oxidation sites excluding steroid dienone is 2. The maximum Gasteiger partial charge on any atom is 0.407 e. The molecule has 3 aliphatic heterocycles. The highest BCUT2D eigenvalue weighted by Gasteiger charge is 2.60. The van der Waals surface area contributed by atoms with Gasteiger partial charge in [-0.1, -0.05) is 99.7 Å². The Morgan fingerprint density at radius 1 is 1.04 bits per heavy atom. The Bertz CT molecular complexity index is 1710. The minimum absolute atomic E-state index is 0.0164. The molecule has 0 spiro atoms. The number of ether oxygens (including phenoxy) is 5. The number of aliphatic hydroxyl groups is 1. The number of hydrogen-bond donors (Lipinski definition) is 2. The zero-order chi connectivity index (χ0) is 37.4.